The Labute approximate surface area is 169 Å². The quantitative estimate of drug-likeness (QED) is 0.574. The summed E-state index contributed by atoms with van der Waals surface area (Å²) >= 11 is 6.07. The molecule has 0 saturated heterocycles. The van der Waals surface area contributed by atoms with Crippen LogP contribution in [0, 0.1) is 0 Å². The van der Waals surface area contributed by atoms with Crippen molar-refractivity contribution in [3.05, 3.63) is 47.0 Å². The molecule has 3 rings (SSSR count). The molecule has 0 saturated carbocycles. The molecule has 3 aromatic rings. The van der Waals surface area contributed by atoms with Crippen LogP contribution in [0.5, 0.6) is 5.88 Å². The van der Waals surface area contributed by atoms with Crippen LogP contribution in [0.3, 0.4) is 0 Å². The molecule has 0 atom stereocenters. The van der Waals surface area contributed by atoms with Crippen LogP contribution < -0.4 is 10.1 Å². The van der Waals surface area contributed by atoms with E-state index in [0.29, 0.717) is 16.5 Å². The fraction of sp³-hybridized carbons (Fsp3) is 0.333. The lowest BCUT2D eigenvalue weighted by Gasteiger charge is -2.12. The number of ether oxygens (including phenoxy) is 1. The van der Waals surface area contributed by atoms with Crippen molar-refractivity contribution in [2.24, 2.45) is 0 Å². The van der Waals surface area contributed by atoms with Crippen molar-refractivity contribution >= 4 is 28.4 Å². The molecule has 11 heteroatoms. The predicted molar refractivity (Wildman–Crippen MR) is 101 cm³/mol. The van der Waals surface area contributed by atoms with E-state index in [2.05, 4.69) is 20.4 Å². The number of carbonyl (C=O) groups excluding carboxylic acids is 1. The second-order valence-electron chi connectivity index (χ2n) is 6.39. The Morgan fingerprint density at radius 3 is 2.90 bits per heavy atom. The van der Waals surface area contributed by atoms with Crippen molar-refractivity contribution in [2.75, 3.05) is 19.8 Å². The number of nitrogens with zero attached hydrogens (tertiary/aromatic N) is 4. The van der Waals surface area contributed by atoms with Crippen LogP contribution in [-0.2, 0) is 6.54 Å². The number of alkyl halides is 2. The van der Waals surface area contributed by atoms with Gasteiger partial charge in [-0.25, -0.2) is 13.8 Å². The first kappa shape index (κ1) is 20.9. The molecular formula is C18H18ClF2N5O3. The normalized spacial score (nSPS) is 11.6. The molecule has 0 aromatic carbocycles. The number of fused-ring (bicyclic) bond motifs is 1. The van der Waals surface area contributed by atoms with Gasteiger partial charge in [0.25, 0.3) is 11.8 Å². The zero-order valence-electron chi connectivity index (χ0n) is 15.4. The van der Waals surface area contributed by atoms with E-state index in [-0.39, 0.29) is 36.3 Å². The zero-order valence-corrected chi connectivity index (χ0v) is 16.2. The molecule has 0 unspecified atom stereocenters. The second kappa shape index (κ2) is 8.66. The number of nitrogens with one attached hydrogen (secondary N) is 1. The molecule has 0 spiro atoms. The summed E-state index contributed by atoms with van der Waals surface area (Å²) in [6, 6.07) is 3.22. The summed E-state index contributed by atoms with van der Waals surface area (Å²) in [5.41, 5.74) is 1.43. The van der Waals surface area contributed by atoms with Gasteiger partial charge in [0.15, 0.2) is 6.61 Å². The number of halogens is 3. The number of carbonyl (C=O) groups is 1. The van der Waals surface area contributed by atoms with E-state index >= 15 is 0 Å². The maximum Gasteiger partial charge on any atom is 0.278 e. The Balaban J connectivity index is 1.78. The van der Waals surface area contributed by atoms with Gasteiger partial charge in [0, 0.05) is 32.1 Å². The fourth-order valence-corrected chi connectivity index (χ4v) is 2.79. The minimum absolute atomic E-state index is 0.0744. The average Bonchev–Trinajstić information content (AvgIpc) is 3.07. The van der Waals surface area contributed by atoms with Crippen molar-refractivity contribution in [2.45, 2.75) is 19.4 Å². The molecule has 0 aliphatic heterocycles. The van der Waals surface area contributed by atoms with Crippen LogP contribution in [0.4, 0.5) is 8.78 Å². The summed E-state index contributed by atoms with van der Waals surface area (Å²) in [5, 5.41) is 16.4. The summed E-state index contributed by atoms with van der Waals surface area (Å²) < 4.78 is 32.4. The maximum atomic E-state index is 12.9. The summed E-state index contributed by atoms with van der Waals surface area (Å²) in [4.78, 5) is 20.3. The van der Waals surface area contributed by atoms with Gasteiger partial charge in [-0.1, -0.05) is 11.6 Å². The van der Waals surface area contributed by atoms with E-state index in [0.717, 1.165) is 6.92 Å². The van der Waals surface area contributed by atoms with Gasteiger partial charge < -0.3 is 15.2 Å². The molecular weight excluding hydrogens is 408 g/mol. The van der Waals surface area contributed by atoms with Crippen LogP contribution in [0.15, 0.2) is 30.7 Å². The van der Waals surface area contributed by atoms with Crippen molar-refractivity contribution < 1.29 is 23.4 Å². The number of aliphatic hydroxyl groups excluding tert-OH is 1. The molecule has 8 nitrogen and oxygen atoms in total. The molecule has 2 N–H and O–H groups in total. The van der Waals surface area contributed by atoms with Gasteiger partial charge in [-0.15, -0.1) is 0 Å². The Bertz CT molecular complexity index is 1020. The predicted octanol–water partition coefficient (Wildman–Crippen LogP) is 2.28. The van der Waals surface area contributed by atoms with Gasteiger partial charge >= 0.3 is 0 Å². The van der Waals surface area contributed by atoms with Gasteiger partial charge in [-0.3, -0.25) is 14.5 Å². The third-order valence-corrected chi connectivity index (χ3v) is 4.04. The molecule has 0 aliphatic carbocycles. The molecule has 0 bridgehead atoms. The summed E-state index contributed by atoms with van der Waals surface area (Å²) in [5.74, 6) is -3.48. The highest BCUT2D eigenvalue weighted by Crippen LogP contribution is 2.25. The molecule has 1 amide bonds. The number of hydrogen-bond acceptors (Lipinski definition) is 6. The second-order valence-corrected chi connectivity index (χ2v) is 6.80. The van der Waals surface area contributed by atoms with E-state index < -0.39 is 18.4 Å². The Morgan fingerprint density at radius 2 is 2.21 bits per heavy atom. The standard InChI is InChI=1S/C18H18ClF2N5O3/c1-18(20,21)10-29-17-13(19)6-11(7-24-17)8-26-9-12-14(25-26)2-3-22-15(12)16(28)23-4-5-27/h2-3,6-7,9,27H,4-5,8,10H2,1H3,(H,23,28). The molecule has 0 fully saturated rings. The van der Waals surface area contributed by atoms with Crippen molar-refractivity contribution in [3.8, 4) is 5.88 Å². The van der Waals surface area contributed by atoms with Gasteiger partial charge in [0.1, 0.15) is 10.7 Å². The van der Waals surface area contributed by atoms with Crippen molar-refractivity contribution in [3.63, 3.8) is 0 Å². The number of aromatic nitrogens is 4. The third kappa shape index (κ3) is 5.36. The van der Waals surface area contributed by atoms with Gasteiger partial charge in [0.2, 0.25) is 5.88 Å². The lowest BCUT2D eigenvalue weighted by molar-refractivity contribution is -0.0242. The molecule has 154 valence electrons. The van der Waals surface area contributed by atoms with Crippen LogP contribution in [0.25, 0.3) is 10.9 Å². The van der Waals surface area contributed by atoms with E-state index in [1.807, 2.05) is 0 Å². The first-order valence-electron chi connectivity index (χ1n) is 8.63. The van der Waals surface area contributed by atoms with Crippen LogP contribution in [0.2, 0.25) is 5.02 Å². The van der Waals surface area contributed by atoms with Crippen LogP contribution >= 0.6 is 11.6 Å². The minimum atomic E-state index is -2.99. The molecule has 3 aromatic heterocycles. The topological polar surface area (TPSA) is 102 Å². The highest BCUT2D eigenvalue weighted by atomic mass is 35.5. The smallest absolute Gasteiger partial charge is 0.278 e. The highest BCUT2D eigenvalue weighted by molar-refractivity contribution is 6.31. The van der Waals surface area contributed by atoms with Crippen molar-refractivity contribution in [1.82, 2.24) is 25.1 Å². The number of pyridine rings is 2. The average molecular weight is 426 g/mol. The van der Waals surface area contributed by atoms with Gasteiger partial charge in [0.05, 0.1) is 24.1 Å². The zero-order chi connectivity index (χ0) is 21.0. The van der Waals surface area contributed by atoms with E-state index in [1.54, 1.807) is 23.0 Å². The highest BCUT2D eigenvalue weighted by Gasteiger charge is 2.23. The van der Waals surface area contributed by atoms with Crippen LogP contribution in [-0.4, -0.2) is 56.4 Å². The maximum absolute atomic E-state index is 12.9. The van der Waals surface area contributed by atoms with Crippen LogP contribution in [0.1, 0.15) is 23.0 Å². The number of aliphatic hydroxyl groups is 1. The molecule has 0 aliphatic rings. The molecule has 29 heavy (non-hydrogen) atoms. The number of rotatable bonds is 8. The van der Waals surface area contributed by atoms with Gasteiger partial charge in [-0.05, 0) is 17.7 Å². The lowest BCUT2D eigenvalue weighted by atomic mass is 10.2. The number of hydrogen-bond donors (Lipinski definition) is 2. The van der Waals surface area contributed by atoms with Gasteiger partial charge in [-0.2, -0.15) is 5.10 Å². The van der Waals surface area contributed by atoms with E-state index in [9.17, 15) is 13.6 Å². The SMILES string of the molecule is CC(F)(F)COc1ncc(Cn2cc3c(C(=O)NCCO)nccc3n2)cc1Cl. The Morgan fingerprint density at radius 1 is 1.41 bits per heavy atom. The first-order valence-corrected chi connectivity index (χ1v) is 9.01. The Hall–Kier alpha value is -2.85. The van der Waals surface area contributed by atoms with Crippen molar-refractivity contribution in [1.29, 1.82) is 0 Å². The first-order chi connectivity index (χ1) is 13.8. The summed E-state index contributed by atoms with van der Waals surface area (Å²) in [7, 11) is 0. The fourth-order valence-electron chi connectivity index (χ4n) is 2.55. The van der Waals surface area contributed by atoms with E-state index in [1.165, 1.54) is 12.4 Å². The summed E-state index contributed by atoms with van der Waals surface area (Å²) in [6.07, 6.45) is 4.59. The lowest BCUT2D eigenvalue weighted by Crippen LogP contribution is -2.27. The Kier molecular flexibility index (Phi) is 6.23. The third-order valence-electron chi connectivity index (χ3n) is 3.76. The molecule has 0 radical (unpaired) electrons. The monoisotopic (exact) mass is 425 g/mol. The number of amides is 1. The minimum Gasteiger partial charge on any atom is -0.470 e. The summed E-state index contributed by atoms with van der Waals surface area (Å²) in [6.45, 7) is 0.143. The molecule has 3 heterocycles. The largest absolute Gasteiger partial charge is 0.470 e. The van der Waals surface area contributed by atoms with E-state index in [4.69, 9.17) is 21.4 Å².